The molecule has 3 atom stereocenters. The van der Waals surface area contributed by atoms with Gasteiger partial charge in [-0.05, 0) is 31.6 Å². The highest BCUT2D eigenvalue weighted by atomic mass is 16.6. The molecule has 0 amide bonds. The summed E-state index contributed by atoms with van der Waals surface area (Å²) in [5.41, 5.74) is 0. The second-order valence-electron chi connectivity index (χ2n) is 6.67. The van der Waals surface area contributed by atoms with Crippen LogP contribution in [0.5, 0.6) is 0 Å². The van der Waals surface area contributed by atoms with Crippen LogP contribution in [0, 0.1) is 5.92 Å². The van der Waals surface area contributed by atoms with Crippen LogP contribution in [-0.4, -0.2) is 23.3 Å². The lowest BCUT2D eigenvalue weighted by atomic mass is 9.97. The summed E-state index contributed by atoms with van der Waals surface area (Å²) in [4.78, 5) is 10.4. The number of epoxide rings is 1. The first-order valence-electron chi connectivity index (χ1n) is 9.19. The van der Waals surface area contributed by atoms with E-state index < -0.39 is 5.97 Å². The fraction of sp³-hybridized carbons (Fsp3) is 0.842. The number of aliphatic carboxylic acids is 1. The van der Waals surface area contributed by atoms with Crippen LogP contribution >= 0.6 is 0 Å². The van der Waals surface area contributed by atoms with E-state index in [1.54, 1.807) is 0 Å². The summed E-state index contributed by atoms with van der Waals surface area (Å²) in [6.45, 7) is 4.53. The van der Waals surface area contributed by atoms with Gasteiger partial charge in [-0.15, -0.1) is 0 Å². The van der Waals surface area contributed by atoms with Gasteiger partial charge < -0.3 is 9.84 Å². The second-order valence-corrected chi connectivity index (χ2v) is 6.67. The number of hydrogen-bond donors (Lipinski definition) is 1. The zero-order valence-electron chi connectivity index (χ0n) is 14.4. The molecule has 0 bridgehead atoms. The fourth-order valence-electron chi connectivity index (χ4n) is 2.93. The van der Waals surface area contributed by atoms with Gasteiger partial charge in [0, 0.05) is 6.42 Å². The smallest absolute Gasteiger partial charge is 0.303 e. The summed E-state index contributed by atoms with van der Waals surface area (Å²) in [5, 5.41) is 8.57. The summed E-state index contributed by atoms with van der Waals surface area (Å²) in [5.74, 6) is -0.0300. The Labute approximate surface area is 136 Å². The van der Waals surface area contributed by atoms with Gasteiger partial charge in [-0.25, -0.2) is 0 Å². The molecule has 22 heavy (non-hydrogen) atoms. The van der Waals surface area contributed by atoms with Crippen molar-refractivity contribution < 1.29 is 14.6 Å². The topological polar surface area (TPSA) is 49.8 Å². The minimum absolute atomic E-state index is 0.318. The fourth-order valence-corrected chi connectivity index (χ4v) is 2.93. The molecule has 0 saturated carbocycles. The molecular formula is C19H34O3. The highest BCUT2D eigenvalue weighted by Crippen LogP contribution is 2.33. The molecule has 128 valence electrons. The molecule has 0 spiro atoms. The molecule has 1 aliphatic heterocycles. The lowest BCUT2D eigenvalue weighted by molar-refractivity contribution is -0.137. The number of unbranched alkanes of at least 4 members (excludes halogenated alkanes) is 7. The van der Waals surface area contributed by atoms with Crippen molar-refractivity contribution in [2.45, 2.75) is 96.7 Å². The molecule has 0 aromatic heterocycles. The van der Waals surface area contributed by atoms with E-state index in [2.05, 4.69) is 26.0 Å². The van der Waals surface area contributed by atoms with Crippen molar-refractivity contribution in [1.82, 2.24) is 0 Å². The van der Waals surface area contributed by atoms with Gasteiger partial charge in [0.2, 0.25) is 0 Å². The van der Waals surface area contributed by atoms with Gasteiger partial charge in [0.1, 0.15) is 6.10 Å². The molecule has 3 heteroatoms. The zero-order valence-corrected chi connectivity index (χ0v) is 14.4. The van der Waals surface area contributed by atoms with Crippen LogP contribution in [0.15, 0.2) is 12.2 Å². The van der Waals surface area contributed by atoms with E-state index in [1.807, 2.05) is 0 Å². The van der Waals surface area contributed by atoms with E-state index in [0.29, 0.717) is 24.5 Å². The van der Waals surface area contributed by atoms with Crippen molar-refractivity contribution in [2.24, 2.45) is 5.92 Å². The zero-order chi connectivity index (χ0) is 16.2. The molecule has 1 heterocycles. The summed E-state index contributed by atoms with van der Waals surface area (Å²) >= 11 is 0. The lowest BCUT2D eigenvalue weighted by Crippen LogP contribution is -2.05. The average Bonchev–Trinajstić information content (AvgIpc) is 3.25. The van der Waals surface area contributed by atoms with Crippen molar-refractivity contribution in [2.75, 3.05) is 0 Å². The molecule has 0 unspecified atom stereocenters. The van der Waals surface area contributed by atoms with Crippen LogP contribution in [0.2, 0.25) is 0 Å². The van der Waals surface area contributed by atoms with Gasteiger partial charge in [-0.2, -0.15) is 0 Å². The summed E-state index contributed by atoms with van der Waals surface area (Å²) in [6, 6.07) is 0. The molecule has 1 aliphatic rings. The molecule has 1 rings (SSSR count). The third-order valence-electron chi connectivity index (χ3n) is 4.47. The van der Waals surface area contributed by atoms with Gasteiger partial charge in [0.05, 0.1) is 6.10 Å². The number of carboxylic acids is 1. The van der Waals surface area contributed by atoms with Crippen molar-refractivity contribution >= 4 is 5.97 Å². The minimum atomic E-state index is -0.673. The molecule has 0 aromatic carbocycles. The molecule has 3 nitrogen and oxygen atoms in total. The Kier molecular flexibility index (Phi) is 10.2. The maximum absolute atomic E-state index is 10.4. The Hall–Kier alpha value is -0.830. The monoisotopic (exact) mass is 310 g/mol. The normalized spacial score (nSPS) is 22.1. The number of hydrogen-bond acceptors (Lipinski definition) is 2. The molecule has 1 fully saturated rings. The van der Waals surface area contributed by atoms with Gasteiger partial charge in [0.25, 0.3) is 0 Å². The van der Waals surface area contributed by atoms with Crippen LogP contribution in [-0.2, 0) is 9.53 Å². The van der Waals surface area contributed by atoms with Crippen molar-refractivity contribution in [3.05, 3.63) is 12.2 Å². The predicted octanol–water partition coefficient (Wildman–Crippen LogP) is 5.34. The third kappa shape index (κ3) is 9.24. The molecule has 1 N–H and O–H groups in total. The van der Waals surface area contributed by atoms with Gasteiger partial charge in [-0.1, -0.05) is 64.5 Å². The van der Waals surface area contributed by atoms with Crippen molar-refractivity contribution in [3.8, 4) is 0 Å². The molecule has 0 radical (unpaired) electrons. The van der Waals surface area contributed by atoms with E-state index in [0.717, 1.165) is 19.3 Å². The Bertz CT molecular complexity index is 325. The number of carboxylic acid groups (broad SMARTS) is 1. The first-order chi connectivity index (χ1) is 10.6. The second kappa shape index (κ2) is 11.7. The maximum atomic E-state index is 10.4. The number of carbonyl (C=O) groups is 1. The summed E-state index contributed by atoms with van der Waals surface area (Å²) in [7, 11) is 0. The van der Waals surface area contributed by atoms with E-state index >= 15 is 0 Å². The van der Waals surface area contributed by atoms with Crippen LogP contribution in [0.25, 0.3) is 0 Å². The van der Waals surface area contributed by atoms with E-state index in [4.69, 9.17) is 9.84 Å². The highest BCUT2D eigenvalue weighted by Gasteiger charge is 2.40. The Morgan fingerprint density at radius 3 is 2.59 bits per heavy atom. The van der Waals surface area contributed by atoms with E-state index in [1.165, 1.54) is 44.9 Å². The molecule has 0 aliphatic carbocycles. The Balaban J connectivity index is 1.94. The quantitative estimate of drug-likeness (QED) is 0.267. The first-order valence-corrected chi connectivity index (χ1v) is 9.19. The van der Waals surface area contributed by atoms with Crippen molar-refractivity contribution in [1.29, 1.82) is 0 Å². The molecule has 0 aromatic rings. The number of rotatable bonds is 14. The van der Waals surface area contributed by atoms with Gasteiger partial charge >= 0.3 is 5.97 Å². The minimum Gasteiger partial charge on any atom is -0.481 e. The summed E-state index contributed by atoms with van der Waals surface area (Å²) in [6.07, 6.45) is 17.5. The van der Waals surface area contributed by atoms with Crippen LogP contribution < -0.4 is 0 Å². The summed E-state index contributed by atoms with van der Waals surface area (Å²) < 4.78 is 5.76. The highest BCUT2D eigenvalue weighted by molar-refractivity contribution is 5.66. The largest absolute Gasteiger partial charge is 0.481 e. The molecular weight excluding hydrogens is 276 g/mol. The Morgan fingerprint density at radius 2 is 1.86 bits per heavy atom. The van der Waals surface area contributed by atoms with E-state index in [-0.39, 0.29) is 0 Å². The van der Waals surface area contributed by atoms with Gasteiger partial charge in [-0.3, -0.25) is 4.79 Å². The Morgan fingerprint density at radius 1 is 1.14 bits per heavy atom. The maximum Gasteiger partial charge on any atom is 0.303 e. The van der Waals surface area contributed by atoms with Crippen LogP contribution in [0.3, 0.4) is 0 Å². The number of ether oxygens (including phenoxy) is 1. The number of allylic oxidation sites excluding steroid dienone is 1. The van der Waals surface area contributed by atoms with Crippen LogP contribution in [0.1, 0.15) is 84.5 Å². The van der Waals surface area contributed by atoms with Gasteiger partial charge in [0.15, 0.2) is 0 Å². The van der Waals surface area contributed by atoms with E-state index in [9.17, 15) is 4.79 Å². The van der Waals surface area contributed by atoms with Crippen molar-refractivity contribution in [3.63, 3.8) is 0 Å². The van der Waals surface area contributed by atoms with Crippen LogP contribution in [0.4, 0.5) is 0 Å². The first kappa shape index (κ1) is 19.2. The molecule has 1 saturated heterocycles. The third-order valence-corrected chi connectivity index (χ3v) is 4.47. The average molecular weight is 310 g/mol. The predicted molar refractivity (Wildman–Crippen MR) is 91.1 cm³/mol. The standard InChI is InChI=1S/C19H34O3/c1-3-4-5-7-11-14-17-19(22-17)16(2)13-10-8-6-9-12-15-18(20)21/h11,14,16-17,19H,3-10,12-13,15H2,1-2H3,(H,20,21)/b14-11-/t16-,17-,19-/m0/s1. The SMILES string of the molecule is CCCCC/C=C\[C@@H]1O[C@H]1[C@@H](C)CCCCCCCC(=O)O. The lowest BCUT2D eigenvalue weighted by Gasteiger charge is -2.07.